The summed E-state index contributed by atoms with van der Waals surface area (Å²) in [5.41, 5.74) is 0. The van der Waals surface area contributed by atoms with E-state index in [0.29, 0.717) is 0 Å². The molecule has 4 aliphatic heterocycles. The number of rotatable bonds is 17. The molecule has 26 nitrogen and oxygen atoms in total. The van der Waals surface area contributed by atoms with Crippen LogP contribution in [0.2, 0.25) is 0 Å². The molecule has 338 valence electrons. The molecular formula is C32H55NO25. The molecule has 0 aromatic carbocycles. The van der Waals surface area contributed by atoms with Crippen molar-refractivity contribution in [2.24, 2.45) is 0 Å². The summed E-state index contributed by atoms with van der Waals surface area (Å²) in [5, 5.41) is 159. The molecule has 4 rings (SSSR count). The molecule has 20 unspecified atom stereocenters. The molecule has 4 aliphatic rings. The number of aldehydes is 1. The van der Waals surface area contributed by atoms with Crippen LogP contribution in [0.5, 0.6) is 0 Å². The Hall–Kier alpha value is -1.78. The van der Waals surface area contributed by atoms with Crippen LogP contribution in [0.4, 0.5) is 0 Å². The van der Waals surface area contributed by atoms with Crippen molar-refractivity contribution < 1.29 is 124 Å². The van der Waals surface area contributed by atoms with Crippen molar-refractivity contribution >= 4 is 12.2 Å². The molecule has 16 N–H and O–H groups in total. The zero-order valence-corrected chi connectivity index (χ0v) is 31.1. The second-order valence-corrected chi connectivity index (χ2v) is 14.3. The Balaban J connectivity index is 1.68. The molecule has 1 amide bonds. The smallest absolute Gasteiger partial charge is 0.217 e. The van der Waals surface area contributed by atoms with Crippen LogP contribution < -0.4 is 5.32 Å². The van der Waals surface area contributed by atoms with Crippen molar-refractivity contribution in [1.29, 1.82) is 0 Å². The van der Waals surface area contributed by atoms with E-state index in [2.05, 4.69) is 5.32 Å². The van der Waals surface area contributed by atoms with Crippen LogP contribution >= 0.6 is 0 Å². The van der Waals surface area contributed by atoms with Gasteiger partial charge in [-0.15, -0.1) is 0 Å². The van der Waals surface area contributed by atoms with E-state index in [9.17, 15) is 86.2 Å². The molecule has 4 fully saturated rings. The maximum absolute atomic E-state index is 12.6. The van der Waals surface area contributed by atoms with Crippen molar-refractivity contribution in [3.63, 3.8) is 0 Å². The maximum Gasteiger partial charge on any atom is 0.217 e. The lowest BCUT2D eigenvalue weighted by atomic mass is 9.94. The largest absolute Gasteiger partial charge is 0.394 e. The fourth-order valence-corrected chi connectivity index (χ4v) is 6.89. The molecule has 58 heavy (non-hydrogen) atoms. The van der Waals surface area contributed by atoms with Crippen molar-refractivity contribution in [1.82, 2.24) is 5.32 Å². The lowest BCUT2D eigenvalue weighted by Gasteiger charge is -2.50. The van der Waals surface area contributed by atoms with Crippen LogP contribution in [-0.4, -0.2) is 262 Å². The van der Waals surface area contributed by atoms with Crippen molar-refractivity contribution in [2.45, 2.75) is 161 Å². The average Bonchev–Trinajstić information content (AvgIpc) is 3.20. The lowest BCUT2D eigenvalue weighted by molar-refractivity contribution is -0.387. The molecule has 0 saturated carbocycles. The van der Waals surface area contributed by atoms with Crippen LogP contribution in [0.3, 0.4) is 0 Å². The molecule has 0 aromatic rings. The van der Waals surface area contributed by atoms with E-state index < -0.39 is 180 Å². The molecule has 0 spiro atoms. The number of nitrogens with one attached hydrogen (secondary N) is 1. The SMILES string of the molecule is CC(=O)NC1C(OC2C(O)C(CO)OC(O[C@@H]([C@H](O)[C@@H](O)C=O)[C@H](O)CO)C2O)OC(CO)C(O)C1OC1OC(CO)C(O)C(O)C1OC1OC(C)C(O)C(O)C1O. The molecule has 4 saturated heterocycles. The molecule has 0 bridgehead atoms. The zero-order valence-electron chi connectivity index (χ0n) is 31.1. The summed E-state index contributed by atoms with van der Waals surface area (Å²) in [6.45, 7) is -1.71. The second kappa shape index (κ2) is 21.3. The van der Waals surface area contributed by atoms with E-state index in [4.69, 9.17) is 37.9 Å². The summed E-state index contributed by atoms with van der Waals surface area (Å²) >= 11 is 0. The van der Waals surface area contributed by atoms with Gasteiger partial charge in [0, 0.05) is 6.92 Å². The van der Waals surface area contributed by atoms with Gasteiger partial charge in [0.25, 0.3) is 0 Å². The number of ether oxygens (including phenoxy) is 8. The van der Waals surface area contributed by atoms with Gasteiger partial charge in [0.05, 0.1) is 32.5 Å². The average molecular weight is 854 g/mol. The van der Waals surface area contributed by atoms with E-state index in [1.54, 1.807) is 0 Å². The Morgan fingerprint density at radius 3 is 1.69 bits per heavy atom. The molecule has 4 heterocycles. The first-order valence-electron chi connectivity index (χ1n) is 18.2. The van der Waals surface area contributed by atoms with Gasteiger partial charge in [-0.1, -0.05) is 0 Å². The summed E-state index contributed by atoms with van der Waals surface area (Å²) < 4.78 is 45.3. The molecule has 0 aromatic heterocycles. The fourth-order valence-electron chi connectivity index (χ4n) is 6.89. The van der Waals surface area contributed by atoms with Gasteiger partial charge in [0.2, 0.25) is 5.91 Å². The quantitative estimate of drug-likeness (QED) is 0.0604. The highest BCUT2D eigenvalue weighted by atomic mass is 16.8. The number of carbonyl (C=O) groups is 2. The van der Waals surface area contributed by atoms with E-state index in [-0.39, 0.29) is 6.29 Å². The van der Waals surface area contributed by atoms with Crippen molar-refractivity contribution in [2.75, 3.05) is 26.4 Å². The van der Waals surface area contributed by atoms with Crippen LogP contribution in [0.1, 0.15) is 13.8 Å². The van der Waals surface area contributed by atoms with Crippen LogP contribution in [0.15, 0.2) is 0 Å². The number of aliphatic hydroxyl groups is 15. The van der Waals surface area contributed by atoms with Gasteiger partial charge in [-0.25, -0.2) is 0 Å². The number of hydrogen-bond donors (Lipinski definition) is 16. The van der Waals surface area contributed by atoms with Crippen LogP contribution in [-0.2, 0) is 47.5 Å². The summed E-state index contributed by atoms with van der Waals surface area (Å²) in [6, 6.07) is -1.76. The summed E-state index contributed by atoms with van der Waals surface area (Å²) in [6.07, 6.45) is -43.8. The molecule has 26 heteroatoms. The molecule has 24 atom stereocenters. The first-order valence-corrected chi connectivity index (χ1v) is 18.2. The Morgan fingerprint density at radius 1 is 0.621 bits per heavy atom. The van der Waals surface area contributed by atoms with E-state index in [0.717, 1.165) is 6.92 Å². The molecule has 0 radical (unpaired) electrons. The van der Waals surface area contributed by atoms with Crippen molar-refractivity contribution in [3.05, 3.63) is 0 Å². The third-order valence-electron chi connectivity index (χ3n) is 10.2. The van der Waals surface area contributed by atoms with Gasteiger partial charge in [-0.3, -0.25) is 4.79 Å². The predicted octanol–water partition coefficient (Wildman–Crippen LogP) is -10.9. The normalized spacial score (nSPS) is 45.8. The third-order valence-corrected chi connectivity index (χ3v) is 10.2. The van der Waals surface area contributed by atoms with E-state index in [1.165, 1.54) is 6.92 Å². The van der Waals surface area contributed by atoms with E-state index >= 15 is 0 Å². The number of aliphatic hydroxyl groups excluding tert-OH is 15. The Labute approximate surface area is 329 Å². The zero-order chi connectivity index (χ0) is 43.3. The van der Waals surface area contributed by atoms with Gasteiger partial charge in [0.15, 0.2) is 31.4 Å². The third kappa shape index (κ3) is 10.6. The number of amides is 1. The second-order valence-electron chi connectivity index (χ2n) is 14.3. The Bertz CT molecular complexity index is 1290. The highest BCUT2D eigenvalue weighted by Crippen LogP contribution is 2.35. The fraction of sp³-hybridized carbons (Fsp3) is 0.938. The van der Waals surface area contributed by atoms with Gasteiger partial charge in [-0.2, -0.15) is 0 Å². The summed E-state index contributed by atoms with van der Waals surface area (Å²) in [5.74, 6) is -0.849. The van der Waals surface area contributed by atoms with Gasteiger partial charge >= 0.3 is 0 Å². The first-order chi connectivity index (χ1) is 27.3. The van der Waals surface area contributed by atoms with E-state index in [1.807, 2.05) is 0 Å². The lowest BCUT2D eigenvalue weighted by Crippen LogP contribution is -2.70. The summed E-state index contributed by atoms with van der Waals surface area (Å²) in [4.78, 5) is 23.7. The Morgan fingerprint density at radius 2 is 1.14 bits per heavy atom. The Kier molecular flexibility index (Phi) is 18.0. The minimum Gasteiger partial charge on any atom is -0.394 e. The maximum atomic E-state index is 12.6. The van der Waals surface area contributed by atoms with Gasteiger partial charge < -0.3 is 125 Å². The van der Waals surface area contributed by atoms with Crippen LogP contribution in [0, 0.1) is 0 Å². The summed E-state index contributed by atoms with van der Waals surface area (Å²) in [7, 11) is 0. The first kappa shape index (κ1) is 48.9. The highest BCUT2D eigenvalue weighted by molar-refractivity contribution is 5.73. The monoisotopic (exact) mass is 853 g/mol. The van der Waals surface area contributed by atoms with Crippen molar-refractivity contribution in [3.8, 4) is 0 Å². The minimum absolute atomic E-state index is 0.120. The minimum atomic E-state index is -2.22. The predicted molar refractivity (Wildman–Crippen MR) is 178 cm³/mol. The molecule has 0 aliphatic carbocycles. The van der Waals surface area contributed by atoms with Gasteiger partial charge in [0.1, 0.15) is 116 Å². The number of hydrogen-bond acceptors (Lipinski definition) is 25. The standard InChI is InChI=1S/C32H55NO25/c1-8-16(42)21(47)23(49)30(51-8)58-28-22(48)18(44)12(5-36)54-32(28)56-26-15(33-9(2)39)29(52-13(6-37)19(26)45)57-27-20(46)14(7-38)53-31(24(27)50)55-25(11(41)4-35)17(43)10(40)3-34/h3,8,10-32,35-38,40-50H,4-7H2,1-2H3,(H,33,39)/t8?,10-,11+,12?,13?,14?,15?,16?,17+,18?,19?,20?,21?,22?,23?,24?,25+,26?,27?,28?,29?,30?,31?,32?/m0/s1. The number of carbonyl (C=O) groups excluding carboxylic acids is 2. The van der Waals surface area contributed by atoms with Crippen LogP contribution in [0.25, 0.3) is 0 Å². The van der Waals surface area contributed by atoms with Gasteiger partial charge in [-0.05, 0) is 6.92 Å². The highest BCUT2D eigenvalue weighted by Gasteiger charge is 2.56. The molecular weight excluding hydrogens is 798 g/mol. The topological polar surface area (TPSA) is 423 Å².